The fraction of sp³-hybridized carbons (Fsp3) is 0.200. The minimum Gasteiger partial charge on any atom is -0.325 e. The number of nitrogens with one attached hydrogen (secondary N) is 1. The summed E-state index contributed by atoms with van der Waals surface area (Å²) < 4.78 is 1.96. The van der Waals surface area contributed by atoms with Crippen molar-refractivity contribution >= 4 is 34.8 Å². The molecule has 0 saturated carbocycles. The topological polar surface area (TPSA) is 33.0 Å². The minimum atomic E-state index is -0.0951. The van der Waals surface area contributed by atoms with Crippen molar-refractivity contribution < 1.29 is 9.36 Å². The molecule has 0 aliphatic rings. The zero-order chi connectivity index (χ0) is 14.5. The van der Waals surface area contributed by atoms with Crippen molar-refractivity contribution in [3.8, 4) is 0 Å². The van der Waals surface area contributed by atoms with Gasteiger partial charge >= 0.3 is 0 Å². The summed E-state index contributed by atoms with van der Waals surface area (Å²) in [7, 11) is 0. The number of hydrogen-bond donors (Lipinski definition) is 1. The van der Waals surface area contributed by atoms with E-state index in [1.54, 1.807) is 18.2 Å². The molecule has 0 atom stereocenters. The molecule has 0 radical (unpaired) electrons. The van der Waals surface area contributed by atoms with Crippen LogP contribution in [0.5, 0.6) is 0 Å². The van der Waals surface area contributed by atoms with Gasteiger partial charge < -0.3 is 5.32 Å². The van der Waals surface area contributed by atoms with E-state index in [-0.39, 0.29) is 5.91 Å². The summed E-state index contributed by atoms with van der Waals surface area (Å²) in [5, 5.41) is 3.78. The van der Waals surface area contributed by atoms with Crippen molar-refractivity contribution in [3.63, 3.8) is 0 Å². The van der Waals surface area contributed by atoms with Gasteiger partial charge in [0.15, 0.2) is 18.9 Å². The van der Waals surface area contributed by atoms with E-state index in [0.717, 1.165) is 0 Å². The Morgan fingerprint density at radius 3 is 2.60 bits per heavy atom. The fourth-order valence-corrected chi connectivity index (χ4v) is 2.05. The Bertz CT molecular complexity index is 612. The van der Waals surface area contributed by atoms with Crippen LogP contribution in [0.1, 0.15) is 12.0 Å². The number of aromatic nitrogens is 1. The van der Waals surface area contributed by atoms with Crippen molar-refractivity contribution in [2.75, 3.05) is 5.32 Å². The van der Waals surface area contributed by atoms with E-state index in [1.807, 2.05) is 36.0 Å². The molecule has 1 aromatic heterocycles. The third kappa shape index (κ3) is 4.22. The first-order valence-electron chi connectivity index (χ1n) is 6.25. The lowest BCUT2D eigenvalue weighted by Crippen LogP contribution is -2.34. The molecule has 20 heavy (non-hydrogen) atoms. The quantitative estimate of drug-likeness (QED) is 0.860. The molecule has 1 N–H and O–H groups in total. The SMILES string of the molecule is Cc1cc[n+](CCC(=O)Nc2cc(Cl)ccc2Cl)cc1. The second-order valence-electron chi connectivity index (χ2n) is 4.54. The molecule has 0 spiro atoms. The first-order chi connectivity index (χ1) is 9.54. The summed E-state index contributed by atoms with van der Waals surface area (Å²) in [6.07, 6.45) is 4.28. The van der Waals surface area contributed by atoms with Gasteiger partial charge in [-0.05, 0) is 30.7 Å². The van der Waals surface area contributed by atoms with Gasteiger partial charge in [0.2, 0.25) is 5.91 Å². The van der Waals surface area contributed by atoms with Gasteiger partial charge in [-0.15, -0.1) is 0 Å². The standard InChI is InChI=1S/C15H14Cl2N2O/c1-11-4-7-19(8-5-11)9-6-15(20)18-14-10-12(16)2-3-13(14)17/h2-5,7-8,10H,6,9H2,1H3/p+1. The van der Waals surface area contributed by atoms with Crippen molar-refractivity contribution in [1.29, 1.82) is 0 Å². The molecule has 1 amide bonds. The number of hydrogen-bond acceptors (Lipinski definition) is 1. The van der Waals surface area contributed by atoms with Gasteiger partial charge in [-0.2, -0.15) is 0 Å². The highest BCUT2D eigenvalue weighted by Crippen LogP contribution is 2.25. The number of nitrogens with zero attached hydrogens (tertiary/aromatic N) is 1. The van der Waals surface area contributed by atoms with Crippen LogP contribution in [0.3, 0.4) is 0 Å². The van der Waals surface area contributed by atoms with E-state index in [4.69, 9.17) is 23.2 Å². The number of benzene rings is 1. The first kappa shape index (κ1) is 14.8. The largest absolute Gasteiger partial charge is 0.325 e. The molecule has 2 aromatic rings. The van der Waals surface area contributed by atoms with Gasteiger partial charge in [0.1, 0.15) is 0 Å². The molecule has 0 aliphatic heterocycles. The Hall–Kier alpha value is -1.58. The number of amides is 1. The number of anilines is 1. The van der Waals surface area contributed by atoms with E-state index in [2.05, 4.69) is 5.32 Å². The average molecular weight is 310 g/mol. The summed E-state index contributed by atoms with van der Waals surface area (Å²) in [6.45, 7) is 2.64. The summed E-state index contributed by atoms with van der Waals surface area (Å²) in [5.41, 5.74) is 1.73. The molecule has 0 bridgehead atoms. The molecule has 0 unspecified atom stereocenters. The monoisotopic (exact) mass is 309 g/mol. The predicted molar refractivity (Wildman–Crippen MR) is 81.1 cm³/mol. The highest BCUT2D eigenvalue weighted by molar-refractivity contribution is 6.35. The molecule has 104 valence electrons. The molecule has 1 aromatic carbocycles. The van der Waals surface area contributed by atoms with Crippen LogP contribution in [-0.2, 0) is 11.3 Å². The summed E-state index contributed by atoms with van der Waals surface area (Å²) in [6, 6.07) is 8.99. The summed E-state index contributed by atoms with van der Waals surface area (Å²) in [5.74, 6) is -0.0951. The number of rotatable bonds is 4. The van der Waals surface area contributed by atoms with Crippen molar-refractivity contribution in [2.24, 2.45) is 0 Å². The number of carbonyl (C=O) groups is 1. The lowest BCUT2D eigenvalue weighted by Gasteiger charge is -2.06. The van der Waals surface area contributed by atoms with Crippen LogP contribution < -0.4 is 9.88 Å². The number of pyridine rings is 1. The van der Waals surface area contributed by atoms with Gasteiger partial charge in [-0.25, -0.2) is 4.57 Å². The van der Waals surface area contributed by atoms with Crippen molar-refractivity contribution in [1.82, 2.24) is 0 Å². The second kappa shape index (κ2) is 6.73. The Balaban J connectivity index is 1.92. The Kier molecular flexibility index (Phi) is 4.99. The summed E-state index contributed by atoms with van der Waals surface area (Å²) in [4.78, 5) is 11.9. The molecular formula is C15H15Cl2N2O+. The lowest BCUT2D eigenvalue weighted by atomic mass is 10.3. The van der Waals surface area contributed by atoms with Gasteiger partial charge in [-0.1, -0.05) is 23.2 Å². The lowest BCUT2D eigenvalue weighted by molar-refractivity contribution is -0.695. The molecular weight excluding hydrogens is 295 g/mol. The Morgan fingerprint density at radius 2 is 1.90 bits per heavy atom. The molecule has 0 saturated heterocycles. The number of halogens is 2. The van der Waals surface area contributed by atoms with Gasteiger partial charge in [0.25, 0.3) is 0 Å². The van der Waals surface area contributed by atoms with Crippen LogP contribution in [0.25, 0.3) is 0 Å². The summed E-state index contributed by atoms with van der Waals surface area (Å²) >= 11 is 11.9. The molecule has 5 heteroatoms. The van der Waals surface area contributed by atoms with E-state index in [1.165, 1.54) is 5.56 Å². The van der Waals surface area contributed by atoms with Gasteiger partial charge in [-0.3, -0.25) is 4.79 Å². The van der Waals surface area contributed by atoms with E-state index in [9.17, 15) is 4.79 Å². The van der Waals surface area contributed by atoms with Crippen LogP contribution in [0, 0.1) is 6.92 Å². The van der Waals surface area contributed by atoms with Crippen LogP contribution >= 0.6 is 23.2 Å². The van der Waals surface area contributed by atoms with Crippen LogP contribution in [0.15, 0.2) is 42.7 Å². The molecule has 3 nitrogen and oxygen atoms in total. The smallest absolute Gasteiger partial charge is 0.230 e. The molecule has 2 rings (SSSR count). The maximum atomic E-state index is 11.9. The maximum absolute atomic E-state index is 11.9. The van der Waals surface area contributed by atoms with E-state index in [0.29, 0.717) is 28.7 Å². The number of aryl methyl sites for hydroxylation is 2. The van der Waals surface area contributed by atoms with E-state index >= 15 is 0 Å². The molecule has 0 aliphatic carbocycles. The van der Waals surface area contributed by atoms with Crippen LogP contribution in [-0.4, -0.2) is 5.91 Å². The molecule has 1 heterocycles. The first-order valence-corrected chi connectivity index (χ1v) is 7.01. The van der Waals surface area contributed by atoms with Crippen molar-refractivity contribution in [2.45, 2.75) is 19.9 Å². The number of carbonyl (C=O) groups excluding carboxylic acids is 1. The Morgan fingerprint density at radius 1 is 1.20 bits per heavy atom. The highest BCUT2D eigenvalue weighted by Gasteiger charge is 2.09. The fourth-order valence-electron chi connectivity index (χ4n) is 1.72. The van der Waals surface area contributed by atoms with E-state index < -0.39 is 0 Å². The zero-order valence-electron chi connectivity index (χ0n) is 11.1. The third-order valence-electron chi connectivity index (χ3n) is 2.86. The Labute approximate surface area is 128 Å². The second-order valence-corrected chi connectivity index (χ2v) is 5.38. The average Bonchev–Trinajstić information content (AvgIpc) is 2.42. The maximum Gasteiger partial charge on any atom is 0.230 e. The zero-order valence-corrected chi connectivity index (χ0v) is 12.6. The normalized spacial score (nSPS) is 10.3. The molecule has 0 fully saturated rings. The van der Waals surface area contributed by atoms with Gasteiger partial charge in [0.05, 0.1) is 17.1 Å². The predicted octanol–water partition coefficient (Wildman–Crippen LogP) is 3.62. The highest BCUT2D eigenvalue weighted by atomic mass is 35.5. The third-order valence-corrected chi connectivity index (χ3v) is 3.42. The van der Waals surface area contributed by atoms with Gasteiger partial charge in [0, 0.05) is 17.2 Å². The van der Waals surface area contributed by atoms with Crippen LogP contribution in [0.2, 0.25) is 10.0 Å². The van der Waals surface area contributed by atoms with Crippen LogP contribution in [0.4, 0.5) is 5.69 Å². The minimum absolute atomic E-state index is 0.0951. The van der Waals surface area contributed by atoms with Crippen molar-refractivity contribution in [3.05, 3.63) is 58.3 Å².